The molecule has 0 atom stereocenters. The Morgan fingerprint density at radius 1 is 0.875 bits per heavy atom. The lowest BCUT2D eigenvalue weighted by Crippen LogP contribution is -2.31. The zero-order chi connectivity index (χ0) is 11.7. The van der Waals surface area contributed by atoms with Crippen LogP contribution in [0.5, 0.6) is 0 Å². The first-order valence-electron chi connectivity index (χ1n) is 5.63. The van der Waals surface area contributed by atoms with E-state index in [-0.39, 0.29) is 0 Å². The predicted octanol–water partition coefficient (Wildman–Crippen LogP) is 3.10. The summed E-state index contributed by atoms with van der Waals surface area (Å²) in [5.41, 5.74) is 6.68. The van der Waals surface area contributed by atoms with Crippen LogP contribution in [0.25, 0.3) is 11.3 Å². The summed E-state index contributed by atoms with van der Waals surface area (Å²) in [4.78, 5) is 0. The van der Waals surface area contributed by atoms with Crippen molar-refractivity contribution in [1.29, 1.82) is 0 Å². The van der Waals surface area contributed by atoms with Gasteiger partial charge in [0.05, 0.1) is 0 Å². The van der Waals surface area contributed by atoms with Crippen LogP contribution in [-0.2, 0) is 7.05 Å². The number of pyridine rings is 1. The van der Waals surface area contributed by atoms with E-state index in [0.29, 0.717) is 0 Å². The number of benzene rings is 1. The number of aromatic nitrogens is 1. The topological polar surface area (TPSA) is 3.88 Å². The first-order chi connectivity index (χ1) is 7.61. The molecule has 0 unspecified atom stereocenters. The first kappa shape index (κ1) is 10.9. The number of hydrogen-bond donors (Lipinski definition) is 0. The Labute approximate surface area is 97.4 Å². The molecule has 0 amide bonds. The quantitative estimate of drug-likeness (QED) is 0.639. The van der Waals surface area contributed by atoms with Gasteiger partial charge >= 0.3 is 0 Å². The summed E-state index contributed by atoms with van der Waals surface area (Å²) in [7, 11) is 2.10. The average molecular weight is 212 g/mol. The minimum Gasteiger partial charge on any atom is -0.201 e. The van der Waals surface area contributed by atoms with Gasteiger partial charge in [-0.25, -0.2) is 4.57 Å². The largest absolute Gasteiger partial charge is 0.215 e. The molecule has 0 bridgehead atoms. The maximum absolute atomic E-state index is 2.20. The number of hydrogen-bond acceptors (Lipinski definition) is 0. The Morgan fingerprint density at radius 3 is 2.25 bits per heavy atom. The number of rotatable bonds is 1. The smallest absolute Gasteiger partial charge is 0.201 e. The zero-order valence-corrected chi connectivity index (χ0v) is 10.4. The maximum atomic E-state index is 2.20. The molecule has 0 saturated heterocycles. The highest BCUT2D eigenvalue weighted by atomic mass is 14.9. The third kappa shape index (κ3) is 1.73. The normalized spacial score (nSPS) is 10.5. The monoisotopic (exact) mass is 212 g/mol. The Hall–Kier alpha value is -1.63. The molecule has 1 heterocycles. The van der Waals surface area contributed by atoms with E-state index in [4.69, 9.17) is 0 Å². The van der Waals surface area contributed by atoms with E-state index in [0.717, 1.165) is 0 Å². The van der Waals surface area contributed by atoms with Crippen molar-refractivity contribution in [2.45, 2.75) is 20.8 Å². The van der Waals surface area contributed by atoms with Gasteiger partial charge in [0.2, 0.25) is 5.69 Å². The van der Waals surface area contributed by atoms with Crippen molar-refractivity contribution < 1.29 is 4.57 Å². The van der Waals surface area contributed by atoms with Gasteiger partial charge in [-0.1, -0.05) is 12.1 Å². The Morgan fingerprint density at radius 2 is 1.56 bits per heavy atom. The number of aryl methyl sites for hydroxylation is 3. The summed E-state index contributed by atoms with van der Waals surface area (Å²) in [6.07, 6.45) is 2.10. The van der Waals surface area contributed by atoms with Crippen molar-refractivity contribution in [2.24, 2.45) is 7.05 Å². The third-order valence-corrected chi connectivity index (χ3v) is 3.24. The van der Waals surface area contributed by atoms with E-state index < -0.39 is 0 Å². The van der Waals surface area contributed by atoms with Gasteiger partial charge in [-0.2, -0.15) is 0 Å². The lowest BCUT2D eigenvalue weighted by atomic mass is 9.98. The van der Waals surface area contributed by atoms with Gasteiger partial charge in [0, 0.05) is 17.2 Å². The SMILES string of the molecule is Cc1cccc(-c2c(C)ccc[n+]2C)c1C. The molecule has 0 aliphatic rings. The highest BCUT2D eigenvalue weighted by molar-refractivity contribution is 5.65. The van der Waals surface area contributed by atoms with Crippen molar-refractivity contribution in [3.05, 3.63) is 53.2 Å². The standard InChI is InChI=1S/C15H18N/c1-11-7-5-9-14(13(11)3)15-12(2)8-6-10-16(15)4/h5-10H,1-4H3/q+1. The summed E-state index contributed by atoms with van der Waals surface area (Å²) in [6.45, 7) is 6.52. The van der Waals surface area contributed by atoms with Crippen molar-refractivity contribution in [2.75, 3.05) is 0 Å². The van der Waals surface area contributed by atoms with E-state index in [2.05, 4.69) is 68.9 Å². The fourth-order valence-corrected chi connectivity index (χ4v) is 2.16. The summed E-state index contributed by atoms with van der Waals surface area (Å²) in [6, 6.07) is 10.7. The molecule has 2 rings (SSSR count). The predicted molar refractivity (Wildman–Crippen MR) is 67.3 cm³/mol. The van der Waals surface area contributed by atoms with Crippen molar-refractivity contribution in [3.63, 3.8) is 0 Å². The molecular weight excluding hydrogens is 194 g/mol. The van der Waals surface area contributed by atoms with Crippen LogP contribution in [0.4, 0.5) is 0 Å². The highest BCUT2D eigenvalue weighted by Gasteiger charge is 2.15. The van der Waals surface area contributed by atoms with Crippen LogP contribution in [0.2, 0.25) is 0 Å². The second-order valence-electron chi connectivity index (χ2n) is 4.40. The summed E-state index contributed by atoms with van der Waals surface area (Å²) in [5, 5.41) is 0. The van der Waals surface area contributed by atoms with Crippen molar-refractivity contribution in [3.8, 4) is 11.3 Å². The van der Waals surface area contributed by atoms with E-state index in [9.17, 15) is 0 Å². The van der Waals surface area contributed by atoms with Crippen LogP contribution < -0.4 is 4.57 Å². The second kappa shape index (κ2) is 4.09. The molecule has 1 nitrogen and oxygen atoms in total. The molecule has 1 aromatic heterocycles. The van der Waals surface area contributed by atoms with Gasteiger partial charge in [0.25, 0.3) is 0 Å². The van der Waals surface area contributed by atoms with Gasteiger partial charge in [-0.15, -0.1) is 0 Å². The third-order valence-electron chi connectivity index (χ3n) is 3.24. The average Bonchev–Trinajstić information content (AvgIpc) is 2.24. The van der Waals surface area contributed by atoms with Gasteiger partial charge in [-0.3, -0.25) is 0 Å². The molecule has 0 saturated carbocycles. The van der Waals surface area contributed by atoms with E-state index in [1.807, 2.05) is 0 Å². The minimum absolute atomic E-state index is 1.31. The lowest BCUT2D eigenvalue weighted by molar-refractivity contribution is -0.660. The fourth-order valence-electron chi connectivity index (χ4n) is 2.16. The van der Waals surface area contributed by atoms with Crippen molar-refractivity contribution in [1.82, 2.24) is 0 Å². The van der Waals surface area contributed by atoms with Crippen LogP contribution in [-0.4, -0.2) is 0 Å². The molecule has 0 N–H and O–H groups in total. The Bertz CT molecular complexity index is 507. The molecule has 0 radical (unpaired) electrons. The molecule has 2 aromatic rings. The van der Waals surface area contributed by atoms with Crippen LogP contribution in [0.1, 0.15) is 16.7 Å². The fraction of sp³-hybridized carbons (Fsp3) is 0.267. The molecular formula is C15H18N+. The van der Waals surface area contributed by atoms with Gasteiger partial charge in [0.15, 0.2) is 6.20 Å². The maximum Gasteiger partial charge on any atom is 0.215 e. The van der Waals surface area contributed by atoms with Crippen LogP contribution in [0.3, 0.4) is 0 Å². The van der Waals surface area contributed by atoms with E-state index in [1.54, 1.807) is 0 Å². The van der Waals surface area contributed by atoms with Gasteiger partial charge in [0.1, 0.15) is 7.05 Å². The van der Waals surface area contributed by atoms with Crippen LogP contribution in [0, 0.1) is 20.8 Å². The minimum atomic E-state index is 1.31. The molecule has 0 spiro atoms. The molecule has 82 valence electrons. The zero-order valence-electron chi connectivity index (χ0n) is 10.4. The van der Waals surface area contributed by atoms with E-state index >= 15 is 0 Å². The van der Waals surface area contributed by atoms with Crippen LogP contribution >= 0.6 is 0 Å². The van der Waals surface area contributed by atoms with E-state index in [1.165, 1.54) is 27.9 Å². The first-order valence-corrected chi connectivity index (χ1v) is 5.63. The summed E-state index contributed by atoms with van der Waals surface area (Å²) >= 11 is 0. The molecule has 1 heteroatoms. The van der Waals surface area contributed by atoms with Gasteiger partial charge < -0.3 is 0 Å². The summed E-state index contributed by atoms with van der Waals surface area (Å²) in [5.74, 6) is 0. The molecule has 0 aliphatic carbocycles. The highest BCUT2D eigenvalue weighted by Crippen LogP contribution is 2.24. The lowest BCUT2D eigenvalue weighted by Gasteiger charge is -2.08. The molecule has 1 aromatic carbocycles. The molecule has 16 heavy (non-hydrogen) atoms. The molecule has 0 fully saturated rings. The number of nitrogens with zero attached hydrogens (tertiary/aromatic N) is 1. The molecule has 0 aliphatic heterocycles. The van der Waals surface area contributed by atoms with Gasteiger partial charge in [-0.05, 0) is 44.0 Å². The van der Waals surface area contributed by atoms with Crippen molar-refractivity contribution >= 4 is 0 Å². The summed E-state index contributed by atoms with van der Waals surface area (Å²) < 4.78 is 2.19. The second-order valence-corrected chi connectivity index (χ2v) is 4.40. The Kier molecular flexibility index (Phi) is 2.78. The van der Waals surface area contributed by atoms with Crippen LogP contribution in [0.15, 0.2) is 36.5 Å². The Balaban J connectivity index is 2.73.